The Labute approximate surface area is 182 Å². The maximum atomic E-state index is 11.9. The molecule has 0 saturated heterocycles. The molecule has 160 valence electrons. The Morgan fingerprint density at radius 2 is 1.94 bits per heavy atom. The van der Waals surface area contributed by atoms with Crippen LogP contribution in [-0.2, 0) is 4.79 Å². The number of para-hydroxylation sites is 2. The van der Waals surface area contributed by atoms with Crippen LogP contribution in [0.2, 0.25) is 5.02 Å². The van der Waals surface area contributed by atoms with E-state index in [2.05, 4.69) is 10.5 Å². The van der Waals surface area contributed by atoms with Crippen molar-refractivity contribution >= 4 is 29.4 Å². The van der Waals surface area contributed by atoms with E-state index in [9.17, 15) is 14.9 Å². The van der Waals surface area contributed by atoms with Crippen LogP contribution in [0.5, 0.6) is 11.5 Å². The number of hydrogen-bond donors (Lipinski definition) is 1. The molecule has 0 atom stereocenters. The van der Waals surface area contributed by atoms with E-state index in [1.165, 1.54) is 24.4 Å². The maximum Gasteiger partial charge on any atom is 0.277 e. The van der Waals surface area contributed by atoms with E-state index in [1.807, 2.05) is 13.0 Å². The van der Waals surface area contributed by atoms with Crippen LogP contribution in [0.1, 0.15) is 12.7 Å². The monoisotopic (exact) mass is 443 g/mol. The molecule has 1 heterocycles. The molecule has 31 heavy (non-hydrogen) atoms. The Bertz CT molecular complexity index is 1110. The van der Waals surface area contributed by atoms with E-state index in [0.717, 1.165) is 0 Å². The summed E-state index contributed by atoms with van der Waals surface area (Å²) in [5, 5.41) is 14.8. The molecular weight excluding hydrogens is 426 g/mol. The number of benzene rings is 2. The third-order valence-electron chi connectivity index (χ3n) is 3.94. The lowest BCUT2D eigenvalue weighted by molar-refractivity contribution is -0.384. The second-order valence-corrected chi connectivity index (χ2v) is 6.49. The summed E-state index contributed by atoms with van der Waals surface area (Å²) in [6, 6.07) is 14.4. The molecule has 1 amide bonds. The van der Waals surface area contributed by atoms with Crippen LogP contribution in [0.25, 0.3) is 11.3 Å². The average Bonchev–Trinajstić information content (AvgIpc) is 3.21. The molecule has 0 aliphatic carbocycles. The molecule has 0 aliphatic rings. The van der Waals surface area contributed by atoms with Gasteiger partial charge in [-0.15, -0.1) is 0 Å². The van der Waals surface area contributed by atoms with Crippen molar-refractivity contribution in [1.29, 1.82) is 0 Å². The summed E-state index contributed by atoms with van der Waals surface area (Å²) in [7, 11) is 0. The first-order valence-electron chi connectivity index (χ1n) is 9.18. The molecule has 0 bridgehead atoms. The summed E-state index contributed by atoms with van der Waals surface area (Å²) < 4.78 is 16.5. The minimum absolute atomic E-state index is 0.115. The average molecular weight is 444 g/mol. The smallest absolute Gasteiger partial charge is 0.277 e. The van der Waals surface area contributed by atoms with Crippen LogP contribution in [0.4, 0.5) is 5.69 Å². The zero-order chi connectivity index (χ0) is 22.2. The number of nitrogens with one attached hydrogen (secondary N) is 1. The molecule has 3 rings (SSSR count). The molecule has 0 spiro atoms. The van der Waals surface area contributed by atoms with Gasteiger partial charge in [0, 0.05) is 17.7 Å². The van der Waals surface area contributed by atoms with Crippen molar-refractivity contribution in [2.24, 2.45) is 5.10 Å². The number of nitro benzene ring substituents is 1. The van der Waals surface area contributed by atoms with Gasteiger partial charge in [-0.3, -0.25) is 14.9 Å². The molecular formula is C21H18ClN3O6. The zero-order valence-electron chi connectivity index (χ0n) is 16.4. The summed E-state index contributed by atoms with van der Waals surface area (Å²) in [6.07, 6.45) is 1.31. The molecule has 0 fully saturated rings. The maximum absolute atomic E-state index is 11.9. The summed E-state index contributed by atoms with van der Waals surface area (Å²) in [6.45, 7) is 2.09. The van der Waals surface area contributed by atoms with Gasteiger partial charge in [-0.25, -0.2) is 5.43 Å². The van der Waals surface area contributed by atoms with E-state index < -0.39 is 10.8 Å². The molecule has 0 unspecified atom stereocenters. The van der Waals surface area contributed by atoms with Gasteiger partial charge < -0.3 is 13.9 Å². The van der Waals surface area contributed by atoms with Gasteiger partial charge in [0.25, 0.3) is 11.6 Å². The first-order chi connectivity index (χ1) is 15.0. The topological polar surface area (TPSA) is 116 Å². The molecule has 1 aromatic heterocycles. The molecule has 0 radical (unpaired) electrons. The van der Waals surface area contributed by atoms with Crippen LogP contribution in [0, 0.1) is 10.1 Å². The number of hydrogen-bond acceptors (Lipinski definition) is 7. The highest BCUT2D eigenvalue weighted by Crippen LogP contribution is 2.32. The van der Waals surface area contributed by atoms with Crippen LogP contribution in [0.15, 0.2) is 64.1 Å². The third kappa shape index (κ3) is 5.83. The van der Waals surface area contributed by atoms with Crippen LogP contribution in [-0.4, -0.2) is 30.3 Å². The Hall–Kier alpha value is -3.85. The standard InChI is InChI=1S/C21H18ClN3O6/c1-2-29-19-5-3-4-6-20(19)30-13-21(26)24-23-12-15-8-10-18(31-15)16-9-7-14(25(27)28)11-17(16)22/h3-12H,2,13H2,1H3,(H,24,26). The molecule has 10 heteroatoms. The predicted molar refractivity (Wildman–Crippen MR) is 115 cm³/mol. The largest absolute Gasteiger partial charge is 0.490 e. The fourth-order valence-corrected chi connectivity index (χ4v) is 2.84. The second-order valence-electron chi connectivity index (χ2n) is 6.08. The molecule has 3 aromatic rings. The quantitative estimate of drug-likeness (QED) is 0.297. The van der Waals surface area contributed by atoms with Crippen LogP contribution in [0.3, 0.4) is 0 Å². The highest BCUT2D eigenvalue weighted by Gasteiger charge is 2.13. The Balaban J connectivity index is 1.56. The first kappa shape index (κ1) is 21.8. The third-order valence-corrected chi connectivity index (χ3v) is 4.26. The van der Waals surface area contributed by atoms with Crippen molar-refractivity contribution < 1.29 is 23.6 Å². The SMILES string of the molecule is CCOc1ccccc1OCC(=O)NN=Cc1ccc(-c2ccc([N+](=O)[O-])cc2Cl)o1. The number of halogens is 1. The number of hydrazone groups is 1. The predicted octanol–water partition coefficient (Wildman–Crippen LogP) is 4.44. The summed E-state index contributed by atoms with van der Waals surface area (Å²) >= 11 is 6.10. The van der Waals surface area contributed by atoms with Gasteiger partial charge in [0.1, 0.15) is 11.5 Å². The molecule has 0 saturated carbocycles. The fraction of sp³-hybridized carbons (Fsp3) is 0.143. The number of nitro groups is 1. The number of non-ortho nitro benzene ring substituents is 1. The highest BCUT2D eigenvalue weighted by atomic mass is 35.5. The van der Waals surface area contributed by atoms with Gasteiger partial charge in [0.15, 0.2) is 18.1 Å². The molecule has 1 N–H and O–H groups in total. The molecule has 2 aromatic carbocycles. The minimum Gasteiger partial charge on any atom is -0.490 e. The van der Waals surface area contributed by atoms with Crippen LogP contribution >= 0.6 is 11.6 Å². The molecule has 0 aliphatic heterocycles. The second kappa shape index (κ2) is 10.3. The molecule has 9 nitrogen and oxygen atoms in total. The lowest BCUT2D eigenvalue weighted by Gasteiger charge is -2.10. The number of ether oxygens (including phenoxy) is 2. The Morgan fingerprint density at radius 1 is 1.19 bits per heavy atom. The van der Waals surface area contributed by atoms with Crippen molar-refractivity contribution in [2.75, 3.05) is 13.2 Å². The summed E-state index contributed by atoms with van der Waals surface area (Å²) in [5.41, 5.74) is 2.72. The number of amides is 1. The fourth-order valence-electron chi connectivity index (χ4n) is 2.57. The van der Waals surface area contributed by atoms with Gasteiger partial charge in [-0.2, -0.15) is 5.10 Å². The van der Waals surface area contributed by atoms with Gasteiger partial charge in [-0.05, 0) is 37.3 Å². The van der Waals surface area contributed by atoms with E-state index >= 15 is 0 Å². The number of carbonyl (C=O) groups excluding carboxylic acids is 1. The van der Waals surface area contributed by atoms with E-state index in [4.69, 9.17) is 25.5 Å². The Kier molecular flexibility index (Phi) is 7.23. The van der Waals surface area contributed by atoms with Gasteiger partial charge in [0.2, 0.25) is 0 Å². The minimum atomic E-state index is -0.530. The number of rotatable bonds is 9. The lowest BCUT2D eigenvalue weighted by Crippen LogP contribution is -2.24. The Morgan fingerprint density at radius 3 is 2.61 bits per heavy atom. The number of carbonyl (C=O) groups is 1. The number of furan rings is 1. The first-order valence-corrected chi connectivity index (χ1v) is 9.56. The van der Waals surface area contributed by atoms with Crippen LogP contribution < -0.4 is 14.9 Å². The van der Waals surface area contributed by atoms with Crippen molar-refractivity contribution in [3.8, 4) is 22.8 Å². The zero-order valence-corrected chi connectivity index (χ0v) is 17.2. The number of nitrogens with zero attached hydrogens (tertiary/aromatic N) is 2. The van der Waals surface area contributed by atoms with Crippen molar-refractivity contribution in [1.82, 2.24) is 5.43 Å². The van der Waals surface area contributed by atoms with E-state index in [-0.39, 0.29) is 17.3 Å². The van der Waals surface area contributed by atoms with Gasteiger partial charge in [-0.1, -0.05) is 23.7 Å². The highest BCUT2D eigenvalue weighted by molar-refractivity contribution is 6.33. The van der Waals surface area contributed by atoms with Crippen molar-refractivity contribution in [2.45, 2.75) is 6.92 Å². The summed E-state index contributed by atoms with van der Waals surface area (Å²) in [4.78, 5) is 22.2. The van der Waals surface area contributed by atoms with Crippen molar-refractivity contribution in [3.05, 3.63) is 75.5 Å². The van der Waals surface area contributed by atoms with E-state index in [0.29, 0.717) is 35.2 Å². The normalized spacial score (nSPS) is 10.8. The van der Waals surface area contributed by atoms with Gasteiger partial charge in [0.05, 0.1) is 22.8 Å². The van der Waals surface area contributed by atoms with Gasteiger partial charge >= 0.3 is 0 Å². The lowest BCUT2D eigenvalue weighted by atomic mass is 10.1. The summed E-state index contributed by atoms with van der Waals surface area (Å²) in [5.74, 6) is 1.30. The van der Waals surface area contributed by atoms with Crippen molar-refractivity contribution in [3.63, 3.8) is 0 Å². The van der Waals surface area contributed by atoms with E-state index in [1.54, 1.807) is 30.3 Å².